The molecular weight excluding hydrogens is 912 g/mol. The number of nitrogens with zero attached hydrogens (tertiary/aromatic N) is 2. The Kier molecular flexibility index (Phi) is 9.71. The molecule has 2 aliphatic carbocycles. The molecule has 0 spiro atoms. The maximum Gasteiger partial charge on any atom is 0.333 e. The van der Waals surface area contributed by atoms with E-state index < -0.39 is 0 Å². The van der Waals surface area contributed by atoms with E-state index in [9.17, 15) is 0 Å². The molecular formula is C70H63BN2O2. The molecule has 0 bridgehead atoms. The third-order valence-electron chi connectivity index (χ3n) is 17.8. The SMILES string of the molecule is Cc1cc2c(cc1N1c3cc4c(cc3B3c5c(cc(-c6ccccc6)cc51)-c1ccc5c(c1N3c1ccc(C(C)(C)C)cc1-c1ccccc1)C(C)(C)c1ccccc1-5)Oc1ccccc1O4)C(C)(C)CCC2(C)C. The second-order valence-electron chi connectivity index (χ2n) is 24.8. The van der Waals surface area contributed by atoms with Crippen molar-refractivity contribution in [2.75, 3.05) is 9.71 Å². The van der Waals surface area contributed by atoms with Crippen LogP contribution in [0.2, 0.25) is 0 Å². The second-order valence-corrected chi connectivity index (χ2v) is 24.8. The number of anilines is 5. The van der Waals surface area contributed by atoms with Crippen LogP contribution in [0.5, 0.6) is 23.0 Å². The lowest BCUT2D eigenvalue weighted by Gasteiger charge is -2.49. The minimum absolute atomic E-state index is 0.0101. The molecule has 0 amide bonds. The molecule has 75 heavy (non-hydrogen) atoms. The van der Waals surface area contributed by atoms with Crippen LogP contribution >= 0.6 is 0 Å². The average Bonchev–Trinajstić information content (AvgIpc) is 3.70. The molecule has 0 aromatic heterocycles. The highest BCUT2D eigenvalue weighted by molar-refractivity contribution is 6.94. The van der Waals surface area contributed by atoms with Crippen LogP contribution in [0.15, 0.2) is 176 Å². The molecule has 368 valence electrons. The van der Waals surface area contributed by atoms with Crippen molar-refractivity contribution in [3.05, 3.63) is 209 Å². The van der Waals surface area contributed by atoms with Gasteiger partial charge in [0.25, 0.3) is 0 Å². The minimum atomic E-state index is -0.327. The van der Waals surface area contributed by atoms with E-state index in [1.54, 1.807) is 0 Å². The van der Waals surface area contributed by atoms with Gasteiger partial charge in [-0.05, 0) is 162 Å². The zero-order valence-electron chi connectivity index (χ0n) is 44.9. The van der Waals surface area contributed by atoms with Crippen molar-refractivity contribution in [1.29, 1.82) is 0 Å². The van der Waals surface area contributed by atoms with Crippen LogP contribution in [0.4, 0.5) is 28.4 Å². The molecule has 14 rings (SSSR count). The summed E-state index contributed by atoms with van der Waals surface area (Å²) in [5.41, 5.74) is 25.9. The van der Waals surface area contributed by atoms with E-state index in [4.69, 9.17) is 9.47 Å². The lowest BCUT2D eigenvalue weighted by atomic mass is 9.43. The van der Waals surface area contributed by atoms with Crippen molar-refractivity contribution in [2.24, 2.45) is 0 Å². The van der Waals surface area contributed by atoms with E-state index >= 15 is 0 Å². The first-order valence-corrected chi connectivity index (χ1v) is 27.1. The molecule has 0 atom stereocenters. The Morgan fingerprint density at radius 3 is 1.76 bits per heavy atom. The summed E-state index contributed by atoms with van der Waals surface area (Å²) in [4.78, 5) is 5.36. The zero-order valence-corrected chi connectivity index (χ0v) is 44.9. The Morgan fingerprint density at radius 2 is 1.07 bits per heavy atom. The number of hydrogen-bond acceptors (Lipinski definition) is 4. The van der Waals surface area contributed by atoms with Gasteiger partial charge < -0.3 is 19.2 Å². The van der Waals surface area contributed by atoms with Crippen LogP contribution in [0, 0.1) is 6.92 Å². The number of para-hydroxylation sites is 2. The summed E-state index contributed by atoms with van der Waals surface area (Å²) in [6, 6.07) is 66.1. The maximum atomic E-state index is 6.98. The second kappa shape index (κ2) is 15.9. The van der Waals surface area contributed by atoms with Gasteiger partial charge in [0.15, 0.2) is 23.0 Å². The predicted octanol–water partition coefficient (Wildman–Crippen LogP) is 17.9. The first kappa shape index (κ1) is 45.8. The summed E-state index contributed by atoms with van der Waals surface area (Å²) in [5, 5.41) is 0. The number of aryl methyl sites for hydroxylation is 1. The van der Waals surface area contributed by atoms with Gasteiger partial charge in [-0.2, -0.15) is 0 Å². The number of ether oxygens (including phenoxy) is 2. The number of rotatable bonds is 4. The molecule has 0 saturated carbocycles. The monoisotopic (exact) mass is 974 g/mol. The van der Waals surface area contributed by atoms with Crippen molar-refractivity contribution in [2.45, 2.75) is 104 Å². The standard InChI is InChI=1S/C70H63BN2O2/c1-42-35-53-54(69(7,8)34-33-68(53,5)6)39-57(42)72-58-41-63-62(74-60-27-19-20-28-61(60)75-63)40-55(58)71-65-51(36-45(37-59(65)72)43-21-13-11-14-22-43)49-31-30-48-47-25-17-18-26-52(47)70(9,10)64(48)66(49)73(71)56-32-29-46(67(2,3)4)38-50(56)44-23-15-12-16-24-44/h11-32,35-41H,33-34H2,1-10H3. The number of hydrogen-bond donors (Lipinski definition) is 0. The van der Waals surface area contributed by atoms with Crippen LogP contribution in [0.25, 0.3) is 44.5 Å². The normalized spacial score (nSPS) is 16.5. The number of fused-ring (bicyclic) bond motifs is 11. The van der Waals surface area contributed by atoms with Crippen molar-refractivity contribution in [1.82, 2.24) is 0 Å². The Morgan fingerprint density at radius 1 is 0.453 bits per heavy atom. The first-order valence-electron chi connectivity index (χ1n) is 27.1. The van der Waals surface area contributed by atoms with E-state index in [-0.39, 0.29) is 28.5 Å². The molecule has 3 aliphatic heterocycles. The van der Waals surface area contributed by atoms with Crippen molar-refractivity contribution >= 4 is 46.2 Å². The topological polar surface area (TPSA) is 24.9 Å². The van der Waals surface area contributed by atoms with Crippen LogP contribution in [0.1, 0.15) is 109 Å². The summed E-state index contributed by atoms with van der Waals surface area (Å²) in [5.74, 6) is 2.85. The first-order chi connectivity index (χ1) is 36.0. The zero-order chi connectivity index (χ0) is 51.5. The molecule has 9 aromatic rings. The molecule has 0 N–H and O–H groups in total. The van der Waals surface area contributed by atoms with Crippen molar-refractivity contribution < 1.29 is 9.47 Å². The fourth-order valence-corrected chi connectivity index (χ4v) is 13.7. The molecule has 0 radical (unpaired) electrons. The van der Waals surface area contributed by atoms with Crippen LogP contribution < -0.4 is 30.1 Å². The van der Waals surface area contributed by atoms with E-state index in [0.717, 1.165) is 29.7 Å². The fourth-order valence-electron chi connectivity index (χ4n) is 13.7. The van der Waals surface area contributed by atoms with Crippen LogP contribution in [0.3, 0.4) is 0 Å². The smallest absolute Gasteiger partial charge is 0.333 e. The molecule has 0 fully saturated rings. The van der Waals surface area contributed by atoms with Gasteiger partial charge in [0.1, 0.15) is 0 Å². The summed E-state index contributed by atoms with van der Waals surface area (Å²) in [7, 11) is 0. The van der Waals surface area contributed by atoms with Crippen LogP contribution in [-0.4, -0.2) is 6.85 Å². The van der Waals surface area contributed by atoms with Crippen molar-refractivity contribution in [3.8, 4) is 67.5 Å². The molecule has 5 aliphatic rings. The molecule has 0 unspecified atom stereocenters. The minimum Gasteiger partial charge on any atom is -0.450 e. The average molecular weight is 975 g/mol. The molecule has 0 saturated heterocycles. The van der Waals surface area contributed by atoms with Gasteiger partial charge in [-0.3, -0.25) is 0 Å². The lowest BCUT2D eigenvalue weighted by Crippen LogP contribution is -2.62. The molecule has 5 heteroatoms. The van der Waals surface area contributed by atoms with Crippen molar-refractivity contribution in [3.63, 3.8) is 0 Å². The highest BCUT2D eigenvalue weighted by Gasteiger charge is 2.51. The van der Waals surface area contributed by atoms with Gasteiger partial charge in [-0.25, -0.2) is 0 Å². The van der Waals surface area contributed by atoms with Gasteiger partial charge in [-0.15, -0.1) is 0 Å². The van der Waals surface area contributed by atoms with Gasteiger partial charge in [0, 0.05) is 51.0 Å². The summed E-state index contributed by atoms with van der Waals surface area (Å²) >= 11 is 0. The molecule has 4 nitrogen and oxygen atoms in total. The van der Waals surface area contributed by atoms with E-state index in [2.05, 4.69) is 231 Å². The Labute approximate surface area is 443 Å². The largest absolute Gasteiger partial charge is 0.450 e. The van der Waals surface area contributed by atoms with Gasteiger partial charge >= 0.3 is 6.85 Å². The van der Waals surface area contributed by atoms with Crippen LogP contribution in [-0.2, 0) is 21.7 Å². The fraction of sp³-hybridized carbons (Fsp3) is 0.229. The lowest BCUT2D eigenvalue weighted by molar-refractivity contribution is 0.332. The molecule has 9 aromatic carbocycles. The van der Waals surface area contributed by atoms with Gasteiger partial charge in [0.2, 0.25) is 0 Å². The number of benzene rings is 9. The highest BCUT2D eigenvalue weighted by Crippen LogP contribution is 2.60. The predicted molar refractivity (Wildman–Crippen MR) is 314 cm³/mol. The Balaban J connectivity index is 1.16. The van der Waals surface area contributed by atoms with Gasteiger partial charge in [0.05, 0.1) is 0 Å². The highest BCUT2D eigenvalue weighted by atomic mass is 16.6. The third kappa shape index (κ3) is 6.75. The van der Waals surface area contributed by atoms with E-state index in [1.807, 2.05) is 24.3 Å². The van der Waals surface area contributed by atoms with Gasteiger partial charge in [-0.1, -0.05) is 184 Å². The quantitative estimate of drug-likeness (QED) is 0.164. The Hall–Kier alpha value is -7.76. The molecule has 3 heterocycles. The summed E-state index contributed by atoms with van der Waals surface area (Å²) < 4.78 is 13.9. The summed E-state index contributed by atoms with van der Waals surface area (Å²) in [6.07, 6.45) is 2.28. The Bertz CT molecular complexity index is 3880. The summed E-state index contributed by atoms with van der Waals surface area (Å²) in [6.45, 7) is 23.6. The maximum absolute atomic E-state index is 6.98. The third-order valence-corrected chi connectivity index (χ3v) is 17.8. The van der Waals surface area contributed by atoms with E-state index in [1.165, 1.54) is 100 Å². The van der Waals surface area contributed by atoms with E-state index in [0.29, 0.717) is 23.0 Å².